The molecule has 2 atom stereocenters. The van der Waals surface area contributed by atoms with E-state index < -0.39 is 6.09 Å². The number of allylic oxidation sites excluding steroid dienone is 1. The van der Waals surface area contributed by atoms with Crippen molar-refractivity contribution in [3.05, 3.63) is 12.2 Å². The van der Waals surface area contributed by atoms with Gasteiger partial charge in [0.25, 0.3) is 0 Å². The van der Waals surface area contributed by atoms with Crippen molar-refractivity contribution in [1.29, 1.82) is 0 Å². The molecule has 35 heavy (non-hydrogen) atoms. The number of amides is 2. The Hall–Kier alpha value is -1.56. The summed E-state index contributed by atoms with van der Waals surface area (Å²) in [4.78, 5) is 25.5. The average Bonchev–Trinajstić information content (AvgIpc) is 2.85. The van der Waals surface area contributed by atoms with Crippen LogP contribution in [0.5, 0.6) is 0 Å². The van der Waals surface area contributed by atoms with E-state index in [-0.39, 0.29) is 12.0 Å². The minimum absolute atomic E-state index is 0.112. The Bertz CT molecular complexity index is 553. The van der Waals surface area contributed by atoms with Crippen molar-refractivity contribution in [2.24, 2.45) is 5.92 Å². The van der Waals surface area contributed by atoms with Gasteiger partial charge >= 0.3 is 6.09 Å². The quantitative estimate of drug-likeness (QED) is 0.0747. The number of ether oxygens (including phenoxy) is 1. The maximum absolute atomic E-state index is 11.8. The van der Waals surface area contributed by atoms with Gasteiger partial charge in [0.15, 0.2) is 0 Å². The van der Waals surface area contributed by atoms with Crippen molar-refractivity contribution < 1.29 is 14.3 Å². The van der Waals surface area contributed by atoms with E-state index in [1.54, 1.807) is 19.1 Å². The zero-order valence-corrected chi connectivity index (χ0v) is 23.1. The van der Waals surface area contributed by atoms with Crippen LogP contribution in [0.4, 0.5) is 4.79 Å². The molecule has 0 saturated carbocycles. The summed E-state index contributed by atoms with van der Waals surface area (Å²) < 4.78 is 5.38. The molecule has 2 amide bonds. The number of nitrogens with zero attached hydrogens (tertiary/aromatic N) is 2. The lowest BCUT2D eigenvalue weighted by Gasteiger charge is -2.35. The number of carbonyl (C=O) groups excluding carboxylic acids is 2. The van der Waals surface area contributed by atoms with Gasteiger partial charge in [0.2, 0.25) is 6.41 Å². The van der Waals surface area contributed by atoms with Crippen LogP contribution in [0.15, 0.2) is 12.2 Å². The van der Waals surface area contributed by atoms with Gasteiger partial charge in [-0.3, -0.25) is 10.2 Å². The predicted molar refractivity (Wildman–Crippen MR) is 146 cm³/mol. The van der Waals surface area contributed by atoms with E-state index >= 15 is 0 Å². The number of unbranched alkanes of at least 4 members (excludes halogenated alkanes) is 15. The molecule has 0 bridgehead atoms. The summed E-state index contributed by atoms with van der Waals surface area (Å²) in [6.07, 6.45) is 28.1. The highest BCUT2D eigenvalue weighted by molar-refractivity contribution is 5.66. The van der Waals surface area contributed by atoms with Crippen LogP contribution in [0.2, 0.25) is 0 Å². The normalized spacial score (nSPS) is 17.5. The lowest BCUT2D eigenvalue weighted by Crippen LogP contribution is -2.44. The highest BCUT2D eigenvalue weighted by Gasteiger charge is 2.28. The topological polar surface area (TPSA) is 61.9 Å². The van der Waals surface area contributed by atoms with Gasteiger partial charge in [-0.25, -0.2) is 9.80 Å². The first-order valence-electron chi connectivity index (χ1n) is 14.5. The molecule has 1 aliphatic carbocycles. The minimum Gasteiger partial charge on any atom is -0.448 e. The Kier molecular flexibility index (Phi) is 19.5. The summed E-state index contributed by atoms with van der Waals surface area (Å²) >= 11 is 0. The van der Waals surface area contributed by atoms with Crippen LogP contribution >= 0.6 is 0 Å². The van der Waals surface area contributed by atoms with Gasteiger partial charge in [0.1, 0.15) is 0 Å². The summed E-state index contributed by atoms with van der Waals surface area (Å²) in [5, 5.41) is 1.57. The first-order chi connectivity index (χ1) is 17.1. The van der Waals surface area contributed by atoms with E-state index in [1.807, 2.05) is 4.90 Å². The molecule has 0 saturated heterocycles. The third kappa shape index (κ3) is 16.7. The second-order valence-electron chi connectivity index (χ2n) is 10.5. The third-order valence-corrected chi connectivity index (χ3v) is 7.10. The van der Waals surface area contributed by atoms with E-state index in [4.69, 9.17) is 4.74 Å². The fraction of sp³-hybridized carbons (Fsp3) is 0.862. The first kappa shape index (κ1) is 31.5. The molecular formula is C29H55N3O3. The fourth-order valence-corrected chi connectivity index (χ4v) is 4.98. The van der Waals surface area contributed by atoms with E-state index in [0.717, 1.165) is 32.2 Å². The summed E-state index contributed by atoms with van der Waals surface area (Å²) in [7, 11) is 3.50. The lowest BCUT2D eigenvalue weighted by atomic mass is 9.88. The predicted octanol–water partition coefficient (Wildman–Crippen LogP) is 7.24. The molecular weight excluding hydrogens is 438 g/mol. The van der Waals surface area contributed by atoms with Crippen LogP contribution in [0.25, 0.3) is 0 Å². The van der Waals surface area contributed by atoms with Crippen molar-refractivity contribution in [1.82, 2.24) is 15.3 Å². The maximum Gasteiger partial charge on any atom is 0.421 e. The number of hydrogen-bond acceptors (Lipinski definition) is 4. The first-order valence-corrected chi connectivity index (χ1v) is 14.5. The minimum atomic E-state index is -0.446. The van der Waals surface area contributed by atoms with Crippen LogP contribution < -0.4 is 5.43 Å². The van der Waals surface area contributed by atoms with Gasteiger partial charge in [-0.15, -0.1) is 0 Å². The Balaban J connectivity index is 2.06. The SMILES string of the molecule is CCCCCCCCCCCCCCCCCCN(C=O)C1CC=CCC1COC(=O)NN(C)C. The van der Waals surface area contributed by atoms with Gasteiger partial charge in [-0.1, -0.05) is 115 Å². The van der Waals surface area contributed by atoms with Crippen molar-refractivity contribution >= 4 is 12.5 Å². The molecule has 0 aromatic heterocycles. The fourth-order valence-electron chi connectivity index (χ4n) is 4.98. The molecule has 6 heteroatoms. The molecule has 6 nitrogen and oxygen atoms in total. The highest BCUT2D eigenvalue weighted by Crippen LogP contribution is 2.24. The number of nitrogens with one attached hydrogen (secondary N) is 1. The number of hydrogen-bond donors (Lipinski definition) is 1. The highest BCUT2D eigenvalue weighted by atomic mass is 16.6. The maximum atomic E-state index is 11.8. The Morgan fingerprint density at radius 3 is 1.80 bits per heavy atom. The molecule has 1 N–H and O–H groups in total. The van der Waals surface area contributed by atoms with E-state index in [9.17, 15) is 9.59 Å². The number of rotatable bonds is 22. The molecule has 1 aliphatic rings. The zero-order chi connectivity index (χ0) is 25.6. The lowest BCUT2D eigenvalue weighted by molar-refractivity contribution is -0.121. The van der Waals surface area contributed by atoms with Crippen LogP contribution in [-0.2, 0) is 9.53 Å². The van der Waals surface area contributed by atoms with E-state index in [0.29, 0.717) is 6.61 Å². The summed E-state index contributed by atoms with van der Waals surface area (Å²) in [6, 6.07) is 0.112. The van der Waals surface area contributed by atoms with Crippen molar-refractivity contribution in [2.45, 2.75) is 129 Å². The second-order valence-corrected chi connectivity index (χ2v) is 10.5. The Labute approximate surface area is 216 Å². The van der Waals surface area contributed by atoms with E-state index in [2.05, 4.69) is 24.5 Å². The van der Waals surface area contributed by atoms with Crippen molar-refractivity contribution in [3.8, 4) is 0 Å². The molecule has 0 aromatic carbocycles. The molecule has 1 rings (SSSR count). The standard InChI is InChI=1S/C29H55N3O3/c1-4-5-6-7-8-9-10-11-12-13-14-15-16-17-18-21-24-32(26-33)28-23-20-19-22-27(28)25-35-29(34)30-31(2)3/h19-20,26-28H,4-18,21-25H2,1-3H3,(H,30,34). The van der Waals surface area contributed by atoms with Crippen molar-refractivity contribution in [2.75, 3.05) is 27.2 Å². The molecule has 0 radical (unpaired) electrons. The van der Waals surface area contributed by atoms with Gasteiger partial charge in [-0.2, -0.15) is 0 Å². The summed E-state index contributed by atoms with van der Waals surface area (Å²) in [5.41, 5.74) is 2.60. The zero-order valence-electron chi connectivity index (χ0n) is 23.1. The van der Waals surface area contributed by atoms with Crippen LogP contribution in [0.3, 0.4) is 0 Å². The molecule has 0 aromatic rings. The Morgan fingerprint density at radius 1 is 0.829 bits per heavy atom. The van der Waals surface area contributed by atoms with Crippen LogP contribution in [0.1, 0.15) is 122 Å². The van der Waals surface area contributed by atoms with Gasteiger partial charge in [0, 0.05) is 32.6 Å². The monoisotopic (exact) mass is 493 g/mol. The van der Waals surface area contributed by atoms with E-state index in [1.165, 1.54) is 96.3 Å². The largest absolute Gasteiger partial charge is 0.448 e. The molecule has 0 spiro atoms. The Morgan fingerprint density at radius 2 is 1.31 bits per heavy atom. The second kappa shape index (κ2) is 21.7. The van der Waals surface area contributed by atoms with Gasteiger partial charge < -0.3 is 9.64 Å². The van der Waals surface area contributed by atoms with Crippen molar-refractivity contribution in [3.63, 3.8) is 0 Å². The van der Waals surface area contributed by atoms with Gasteiger partial charge in [-0.05, 0) is 19.3 Å². The molecule has 0 heterocycles. The van der Waals surface area contributed by atoms with Crippen LogP contribution in [0, 0.1) is 5.92 Å². The molecule has 0 aliphatic heterocycles. The summed E-state index contributed by atoms with van der Waals surface area (Å²) in [5.74, 6) is 0.152. The number of hydrazine groups is 1. The third-order valence-electron chi connectivity index (χ3n) is 7.10. The molecule has 204 valence electrons. The average molecular weight is 494 g/mol. The molecule has 0 fully saturated rings. The molecule has 2 unspecified atom stereocenters. The smallest absolute Gasteiger partial charge is 0.421 e. The number of carbonyl (C=O) groups is 2. The van der Waals surface area contributed by atoms with Gasteiger partial charge in [0.05, 0.1) is 6.61 Å². The van der Waals surface area contributed by atoms with Crippen LogP contribution in [-0.4, -0.2) is 55.7 Å². The summed E-state index contributed by atoms with van der Waals surface area (Å²) in [6.45, 7) is 3.40.